The summed E-state index contributed by atoms with van der Waals surface area (Å²) in [5.74, 6) is -1.43. The van der Waals surface area contributed by atoms with E-state index in [0.717, 1.165) is 18.4 Å². The second-order valence-electron chi connectivity index (χ2n) is 4.64. The monoisotopic (exact) mass is 234 g/mol. The van der Waals surface area contributed by atoms with E-state index in [-0.39, 0.29) is 13.0 Å². The van der Waals surface area contributed by atoms with Crippen LogP contribution in [-0.4, -0.2) is 22.8 Å². The number of aliphatic hydroxyl groups is 1. The Morgan fingerprint density at radius 1 is 1.24 bits per heavy atom. The first kappa shape index (κ1) is 12.1. The largest absolute Gasteiger partial charge is 0.481 e. The summed E-state index contributed by atoms with van der Waals surface area (Å²) < 4.78 is 0. The predicted molar refractivity (Wildman–Crippen MR) is 65.2 cm³/mol. The van der Waals surface area contributed by atoms with E-state index in [0.29, 0.717) is 0 Å². The number of carbonyl (C=O) groups is 1. The third-order valence-electron chi connectivity index (χ3n) is 3.49. The van der Waals surface area contributed by atoms with Crippen molar-refractivity contribution in [3.05, 3.63) is 34.9 Å². The van der Waals surface area contributed by atoms with Crippen LogP contribution in [0.25, 0.3) is 0 Å². The number of carboxylic acid groups (broad SMARTS) is 1. The normalized spacial score (nSPS) is 16.3. The first-order chi connectivity index (χ1) is 8.22. The highest BCUT2D eigenvalue weighted by Crippen LogP contribution is 2.27. The summed E-state index contributed by atoms with van der Waals surface area (Å²) in [5, 5.41) is 18.1. The summed E-state index contributed by atoms with van der Waals surface area (Å²) >= 11 is 0. The molecule has 0 bridgehead atoms. The van der Waals surface area contributed by atoms with Crippen LogP contribution >= 0.6 is 0 Å². The van der Waals surface area contributed by atoms with Crippen LogP contribution in [0.2, 0.25) is 0 Å². The molecule has 0 aromatic heterocycles. The van der Waals surface area contributed by atoms with Crippen molar-refractivity contribution in [1.82, 2.24) is 0 Å². The number of aryl methyl sites for hydroxylation is 2. The number of fused-ring (bicyclic) bond motifs is 1. The van der Waals surface area contributed by atoms with Gasteiger partial charge in [0.15, 0.2) is 0 Å². The van der Waals surface area contributed by atoms with Gasteiger partial charge in [0, 0.05) is 6.61 Å². The minimum Gasteiger partial charge on any atom is -0.481 e. The van der Waals surface area contributed by atoms with Crippen LogP contribution in [0.4, 0.5) is 0 Å². The van der Waals surface area contributed by atoms with Crippen LogP contribution < -0.4 is 0 Å². The molecule has 0 spiro atoms. The Kier molecular flexibility index (Phi) is 3.79. The van der Waals surface area contributed by atoms with E-state index in [4.69, 9.17) is 10.2 Å². The zero-order chi connectivity index (χ0) is 12.3. The van der Waals surface area contributed by atoms with Gasteiger partial charge in [-0.15, -0.1) is 0 Å². The minimum absolute atomic E-state index is 0.0892. The van der Waals surface area contributed by atoms with E-state index < -0.39 is 11.9 Å². The Labute approximate surface area is 101 Å². The number of aliphatic carboxylic acids is 1. The Morgan fingerprint density at radius 2 is 1.94 bits per heavy atom. The molecule has 2 N–H and O–H groups in total. The Balaban J connectivity index is 2.28. The zero-order valence-corrected chi connectivity index (χ0v) is 9.85. The summed E-state index contributed by atoms with van der Waals surface area (Å²) in [6.07, 6.45) is 4.86. The average molecular weight is 234 g/mol. The third-order valence-corrected chi connectivity index (χ3v) is 3.49. The van der Waals surface area contributed by atoms with E-state index in [1.807, 2.05) is 12.1 Å². The molecular formula is C14H18O3. The molecule has 3 heteroatoms. The lowest BCUT2D eigenvalue weighted by Crippen LogP contribution is -2.14. The smallest absolute Gasteiger partial charge is 0.311 e. The molecule has 1 unspecified atom stereocenters. The number of carboxylic acids is 1. The lowest BCUT2D eigenvalue weighted by atomic mass is 9.87. The standard InChI is InChI=1S/C14H18O3/c15-8-7-13(14(16)17)12-6-5-10-3-1-2-4-11(10)9-12/h5-6,9,13,15H,1-4,7-8H2,(H,16,17). The second kappa shape index (κ2) is 5.32. The zero-order valence-electron chi connectivity index (χ0n) is 9.85. The molecule has 1 aromatic carbocycles. The highest BCUT2D eigenvalue weighted by Gasteiger charge is 2.20. The molecule has 1 atom stereocenters. The molecule has 0 saturated carbocycles. The van der Waals surface area contributed by atoms with E-state index >= 15 is 0 Å². The van der Waals surface area contributed by atoms with Crippen molar-refractivity contribution >= 4 is 5.97 Å². The van der Waals surface area contributed by atoms with Gasteiger partial charge in [0.2, 0.25) is 0 Å². The van der Waals surface area contributed by atoms with Crippen molar-refractivity contribution in [2.75, 3.05) is 6.61 Å². The fourth-order valence-electron chi connectivity index (χ4n) is 2.53. The first-order valence-electron chi connectivity index (χ1n) is 6.17. The molecule has 3 nitrogen and oxygen atoms in total. The Hall–Kier alpha value is -1.35. The van der Waals surface area contributed by atoms with Crippen LogP contribution in [0.15, 0.2) is 18.2 Å². The van der Waals surface area contributed by atoms with E-state index in [1.54, 1.807) is 0 Å². The summed E-state index contributed by atoms with van der Waals surface area (Å²) in [6.45, 7) is -0.0892. The molecule has 1 aromatic rings. The molecule has 1 aliphatic rings. The molecule has 17 heavy (non-hydrogen) atoms. The molecule has 2 rings (SSSR count). The van der Waals surface area contributed by atoms with Gasteiger partial charge in [0.1, 0.15) is 0 Å². The van der Waals surface area contributed by atoms with E-state index in [1.165, 1.54) is 24.0 Å². The van der Waals surface area contributed by atoms with Crippen molar-refractivity contribution in [2.24, 2.45) is 0 Å². The van der Waals surface area contributed by atoms with Crippen molar-refractivity contribution in [3.8, 4) is 0 Å². The van der Waals surface area contributed by atoms with Gasteiger partial charge in [0.05, 0.1) is 5.92 Å². The van der Waals surface area contributed by atoms with Crippen molar-refractivity contribution in [3.63, 3.8) is 0 Å². The highest BCUT2D eigenvalue weighted by molar-refractivity contribution is 5.76. The van der Waals surface area contributed by atoms with Crippen LogP contribution in [0.3, 0.4) is 0 Å². The van der Waals surface area contributed by atoms with Crippen LogP contribution in [0, 0.1) is 0 Å². The maximum atomic E-state index is 11.1. The quantitative estimate of drug-likeness (QED) is 0.839. The molecule has 0 fully saturated rings. The van der Waals surface area contributed by atoms with Gasteiger partial charge in [-0.3, -0.25) is 4.79 Å². The number of benzene rings is 1. The van der Waals surface area contributed by atoms with Gasteiger partial charge in [-0.25, -0.2) is 0 Å². The fourth-order valence-corrected chi connectivity index (χ4v) is 2.53. The van der Waals surface area contributed by atoms with Crippen molar-refractivity contribution < 1.29 is 15.0 Å². The number of aliphatic hydroxyl groups excluding tert-OH is 1. The van der Waals surface area contributed by atoms with Gasteiger partial charge in [-0.2, -0.15) is 0 Å². The SMILES string of the molecule is O=C(O)C(CCO)c1ccc2c(c1)CCCC2. The first-order valence-corrected chi connectivity index (χ1v) is 6.17. The summed E-state index contributed by atoms with van der Waals surface area (Å²) in [7, 11) is 0. The summed E-state index contributed by atoms with van der Waals surface area (Å²) in [5.41, 5.74) is 3.47. The maximum Gasteiger partial charge on any atom is 0.311 e. The van der Waals surface area contributed by atoms with Gasteiger partial charge in [-0.1, -0.05) is 18.2 Å². The number of rotatable bonds is 4. The molecule has 0 heterocycles. The number of hydrogen-bond donors (Lipinski definition) is 2. The predicted octanol–water partition coefficient (Wildman–Crippen LogP) is 2.12. The van der Waals surface area contributed by atoms with Gasteiger partial charge in [0.25, 0.3) is 0 Å². The molecule has 0 saturated heterocycles. The number of hydrogen-bond acceptors (Lipinski definition) is 2. The van der Waals surface area contributed by atoms with Crippen LogP contribution in [-0.2, 0) is 17.6 Å². The molecule has 0 aliphatic heterocycles. The van der Waals surface area contributed by atoms with Gasteiger partial charge < -0.3 is 10.2 Å². The molecule has 1 aliphatic carbocycles. The Morgan fingerprint density at radius 3 is 2.59 bits per heavy atom. The van der Waals surface area contributed by atoms with Crippen LogP contribution in [0.5, 0.6) is 0 Å². The van der Waals surface area contributed by atoms with Crippen molar-refractivity contribution in [2.45, 2.75) is 38.0 Å². The molecule has 0 amide bonds. The summed E-state index contributed by atoms with van der Waals surface area (Å²) in [6, 6.07) is 5.97. The lowest BCUT2D eigenvalue weighted by molar-refractivity contribution is -0.139. The lowest BCUT2D eigenvalue weighted by Gasteiger charge is -2.19. The Bertz CT molecular complexity index is 412. The molecule has 0 radical (unpaired) electrons. The maximum absolute atomic E-state index is 11.1. The van der Waals surface area contributed by atoms with Crippen LogP contribution in [0.1, 0.15) is 41.9 Å². The summed E-state index contributed by atoms with van der Waals surface area (Å²) in [4.78, 5) is 11.1. The topological polar surface area (TPSA) is 57.5 Å². The van der Waals surface area contributed by atoms with E-state index in [9.17, 15) is 4.79 Å². The third kappa shape index (κ3) is 2.67. The molecule has 92 valence electrons. The van der Waals surface area contributed by atoms with Crippen molar-refractivity contribution in [1.29, 1.82) is 0 Å². The second-order valence-corrected chi connectivity index (χ2v) is 4.64. The highest BCUT2D eigenvalue weighted by atomic mass is 16.4. The molecular weight excluding hydrogens is 216 g/mol. The van der Waals surface area contributed by atoms with Gasteiger partial charge in [-0.05, 0) is 48.8 Å². The minimum atomic E-state index is -0.852. The average Bonchev–Trinajstić information content (AvgIpc) is 2.35. The van der Waals surface area contributed by atoms with Gasteiger partial charge >= 0.3 is 5.97 Å². The van der Waals surface area contributed by atoms with E-state index in [2.05, 4.69) is 6.07 Å². The fraction of sp³-hybridized carbons (Fsp3) is 0.500.